The standard InChI is InChI=1S/C6H5.Cu.H2O/c1-2-4-6-5-3-1;;/h1-5H;;1H2/q-1;+1;. The van der Waals surface area contributed by atoms with Gasteiger partial charge in [0.05, 0.1) is 0 Å². The molecule has 2 N–H and O–H groups in total. The molecule has 0 spiro atoms. The smallest absolute Gasteiger partial charge is 0.412 e. The summed E-state index contributed by atoms with van der Waals surface area (Å²) in [6.45, 7) is 0. The van der Waals surface area contributed by atoms with Crippen LogP contribution in [0, 0.1) is 6.07 Å². The van der Waals surface area contributed by atoms with Crippen molar-refractivity contribution in [3.05, 3.63) is 36.4 Å². The van der Waals surface area contributed by atoms with Gasteiger partial charge < -0.3 is 5.48 Å². The fourth-order valence-corrected chi connectivity index (χ4v) is 0.342. The first kappa shape index (κ1) is 10.6. The number of hydrogen-bond donors (Lipinski definition) is 0. The Bertz CT molecular complexity index is 80.5. The van der Waals surface area contributed by atoms with Crippen LogP contribution in [-0.4, -0.2) is 5.48 Å². The first-order chi connectivity index (χ1) is 3.00. The fourth-order valence-electron chi connectivity index (χ4n) is 0.342. The van der Waals surface area contributed by atoms with Crippen LogP contribution in [-0.2, 0) is 17.1 Å². The molecule has 1 nitrogen and oxygen atoms in total. The molecule has 48 valence electrons. The molecule has 0 aliphatic heterocycles. The Morgan fingerprint density at radius 1 is 0.875 bits per heavy atom. The van der Waals surface area contributed by atoms with E-state index in [0.29, 0.717) is 0 Å². The maximum absolute atomic E-state index is 2.89. The zero-order valence-electron chi connectivity index (χ0n) is 4.19. The monoisotopic (exact) mass is 158 g/mol. The summed E-state index contributed by atoms with van der Waals surface area (Å²) >= 11 is 0. The van der Waals surface area contributed by atoms with Crippen LogP contribution in [0.25, 0.3) is 0 Å². The first-order valence-corrected chi connectivity index (χ1v) is 1.91. The summed E-state index contributed by atoms with van der Waals surface area (Å²) in [5.74, 6) is 0. The summed E-state index contributed by atoms with van der Waals surface area (Å²) in [5, 5.41) is 0. The molecule has 0 atom stereocenters. The van der Waals surface area contributed by atoms with Crippen LogP contribution in [0.3, 0.4) is 0 Å². The zero-order chi connectivity index (χ0) is 4.24. The zero-order valence-corrected chi connectivity index (χ0v) is 5.13. The molecule has 8 heavy (non-hydrogen) atoms. The topological polar surface area (TPSA) is 31.5 Å². The van der Waals surface area contributed by atoms with E-state index in [2.05, 4.69) is 6.07 Å². The van der Waals surface area contributed by atoms with Gasteiger partial charge in [0.2, 0.25) is 0 Å². The number of rotatable bonds is 0. The quantitative estimate of drug-likeness (QED) is 0.393. The molecular weight excluding hydrogens is 152 g/mol. The molecule has 0 aliphatic rings. The van der Waals surface area contributed by atoms with Gasteiger partial charge in [-0.05, 0) is 0 Å². The third kappa shape index (κ3) is 3.87. The van der Waals surface area contributed by atoms with E-state index in [1.54, 1.807) is 0 Å². The molecule has 0 unspecified atom stereocenters. The molecule has 1 aromatic rings. The second-order valence-electron chi connectivity index (χ2n) is 1.08. The largest absolute Gasteiger partial charge is 1.00 e. The van der Waals surface area contributed by atoms with E-state index in [0.717, 1.165) is 0 Å². The molecule has 0 aliphatic carbocycles. The van der Waals surface area contributed by atoms with Gasteiger partial charge in [0.1, 0.15) is 0 Å². The fraction of sp³-hybridized carbons (Fsp3) is 0. The van der Waals surface area contributed by atoms with Crippen LogP contribution >= 0.6 is 0 Å². The van der Waals surface area contributed by atoms with Gasteiger partial charge in [0.25, 0.3) is 0 Å². The summed E-state index contributed by atoms with van der Waals surface area (Å²) in [4.78, 5) is 0. The second-order valence-corrected chi connectivity index (χ2v) is 1.08. The van der Waals surface area contributed by atoms with Gasteiger partial charge in [-0.25, -0.2) is 0 Å². The van der Waals surface area contributed by atoms with Crippen molar-refractivity contribution in [3.63, 3.8) is 0 Å². The van der Waals surface area contributed by atoms with Crippen molar-refractivity contribution in [1.82, 2.24) is 0 Å². The van der Waals surface area contributed by atoms with Crippen LogP contribution in [0.15, 0.2) is 30.3 Å². The maximum atomic E-state index is 2.89. The third-order valence-corrected chi connectivity index (χ3v) is 0.607. The predicted molar refractivity (Wildman–Crippen MR) is 28.9 cm³/mol. The molecule has 0 amide bonds. The normalized spacial score (nSPS) is 6.00. The summed E-state index contributed by atoms with van der Waals surface area (Å²) in [6.07, 6.45) is 0. The summed E-state index contributed by atoms with van der Waals surface area (Å²) in [6, 6.07) is 12.5. The molecule has 0 fully saturated rings. The van der Waals surface area contributed by atoms with E-state index in [9.17, 15) is 0 Å². The Hall–Kier alpha value is -0.301. The number of hydrogen-bond acceptors (Lipinski definition) is 0. The average Bonchev–Trinajstić information content (AvgIpc) is 1.72. The van der Waals surface area contributed by atoms with Crippen LogP contribution in [0.2, 0.25) is 0 Å². The molecule has 0 radical (unpaired) electrons. The van der Waals surface area contributed by atoms with E-state index in [-0.39, 0.29) is 22.5 Å². The molecular formula is C6H7CuO. The van der Waals surface area contributed by atoms with Crippen LogP contribution in [0.5, 0.6) is 0 Å². The van der Waals surface area contributed by atoms with Crippen LogP contribution < -0.4 is 0 Å². The van der Waals surface area contributed by atoms with E-state index in [1.807, 2.05) is 30.3 Å². The van der Waals surface area contributed by atoms with Crippen molar-refractivity contribution in [3.8, 4) is 0 Å². The predicted octanol–water partition coefficient (Wildman–Crippen LogP) is 0.660. The van der Waals surface area contributed by atoms with E-state index in [4.69, 9.17) is 0 Å². The van der Waals surface area contributed by atoms with Gasteiger partial charge in [-0.2, -0.15) is 36.4 Å². The minimum Gasteiger partial charge on any atom is -0.412 e. The van der Waals surface area contributed by atoms with Gasteiger partial charge in [0.15, 0.2) is 0 Å². The van der Waals surface area contributed by atoms with Crippen molar-refractivity contribution in [2.45, 2.75) is 0 Å². The minimum atomic E-state index is 0. The van der Waals surface area contributed by atoms with Gasteiger partial charge in [-0.3, -0.25) is 0 Å². The van der Waals surface area contributed by atoms with Crippen LogP contribution in [0.4, 0.5) is 0 Å². The van der Waals surface area contributed by atoms with Crippen molar-refractivity contribution >= 4 is 0 Å². The second kappa shape index (κ2) is 6.70. The Morgan fingerprint density at radius 3 is 1.50 bits per heavy atom. The molecule has 0 bridgehead atoms. The Labute approximate surface area is 59.5 Å². The van der Waals surface area contributed by atoms with Crippen molar-refractivity contribution in [2.24, 2.45) is 0 Å². The first-order valence-electron chi connectivity index (χ1n) is 1.91. The summed E-state index contributed by atoms with van der Waals surface area (Å²) < 4.78 is 0. The molecule has 0 aromatic heterocycles. The Morgan fingerprint density at radius 2 is 1.38 bits per heavy atom. The molecule has 2 heteroatoms. The van der Waals surface area contributed by atoms with Crippen molar-refractivity contribution in [2.75, 3.05) is 0 Å². The molecule has 1 rings (SSSR count). The Balaban J connectivity index is 0. The van der Waals surface area contributed by atoms with Crippen molar-refractivity contribution in [1.29, 1.82) is 0 Å². The van der Waals surface area contributed by atoms with Gasteiger partial charge in [-0.1, -0.05) is 0 Å². The van der Waals surface area contributed by atoms with Crippen LogP contribution in [0.1, 0.15) is 0 Å². The van der Waals surface area contributed by atoms with Gasteiger partial charge in [0, 0.05) is 0 Å². The summed E-state index contributed by atoms with van der Waals surface area (Å²) in [5.41, 5.74) is 0. The molecule has 1 aromatic carbocycles. The van der Waals surface area contributed by atoms with Gasteiger partial charge in [-0.15, -0.1) is 0 Å². The molecule has 0 saturated carbocycles. The van der Waals surface area contributed by atoms with E-state index in [1.165, 1.54) is 0 Å². The third-order valence-electron chi connectivity index (χ3n) is 0.607. The number of benzene rings is 1. The maximum Gasteiger partial charge on any atom is 1.00 e. The SMILES string of the molecule is O.[Cu+].[c-]1ccccc1. The minimum absolute atomic E-state index is 0. The summed E-state index contributed by atoms with van der Waals surface area (Å²) in [7, 11) is 0. The molecule has 0 saturated heterocycles. The molecule has 0 heterocycles. The Kier molecular flexibility index (Phi) is 8.91. The van der Waals surface area contributed by atoms with Crippen molar-refractivity contribution < 1.29 is 22.5 Å². The average molecular weight is 159 g/mol. The van der Waals surface area contributed by atoms with E-state index >= 15 is 0 Å². The van der Waals surface area contributed by atoms with Gasteiger partial charge >= 0.3 is 17.1 Å². The van der Waals surface area contributed by atoms with E-state index < -0.39 is 0 Å².